The van der Waals surface area contributed by atoms with Crippen molar-refractivity contribution in [2.45, 2.75) is 6.61 Å². The van der Waals surface area contributed by atoms with Crippen molar-refractivity contribution in [1.29, 1.82) is 0 Å². The van der Waals surface area contributed by atoms with Crippen molar-refractivity contribution in [3.63, 3.8) is 0 Å². The molecule has 3 nitrogen and oxygen atoms in total. The molecule has 0 unspecified atom stereocenters. The van der Waals surface area contributed by atoms with Crippen molar-refractivity contribution in [3.05, 3.63) is 74.6 Å². The molecule has 0 atom stereocenters. The van der Waals surface area contributed by atoms with Crippen LogP contribution in [0, 0.1) is 0 Å². The lowest BCUT2D eigenvalue weighted by Crippen LogP contribution is -1.97. The molecular weight excluding hydrogens is 311 g/mol. The highest BCUT2D eigenvalue weighted by atomic mass is 35.5. The number of fused-ring (bicyclic) bond motifs is 1. The molecule has 0 aliphatic heterocycles. The molecule has 0 spiro atoms. The molecule has 0 amide bonds. The van der Waals surface area contributed by atoms with Crippen LogP contribution >= 0.6 is 23.2 Å². The third-order valence-corrected chi connectivity index (χ3v) is 3.72. The summed E-state index contributed by atoms with van der Waals surface area (Å²) in [6.07, 6.45) is 0. The second kappa shape index (κ2) is 5.80. The van der Waals surface area contributed by atoms with Gasteiger partial charge in [0.05, 0.1) is 10.0 Å². The molecule has 0 radical (unpaired) electrons. The molecule has 3 aromatic rings. The summed E-state index contributed by atoms with van der Waals surface area (Å²) in [7, 11) is 0. The zero-order valence-corrected chi connectivity index (χ0v) is 12.3. The minimum Gasteiger partial charge on any atom is -0.489 e. The average Bonchev–Trinajstić information content (AvgIpc) is 2.48. The normalized spacial score (nSPS) is 10.8. The average molecular weight is 321 g/mol. The predicted octanol–water partition coefficient (Wildman–Crippen LogP) is 4.68. The van der Waals surface area contributed by atoms with Gasteiger partial charge >= 0.3 is 5.63 Å². The zero-order chi connectivity index (χ0) is 14.8. The molecule has 2 aromatic carbocycles. The molecule has 106 valence electrons. The van der Waals surface area contributed by atoms with Crippen LogP contribution in [0.1, 0.15) is 5.56 Å². The summed E-state index contributed by atoms with van der Waals surface area (Å²) in [6.45, 7) is 0.347. The second-order valence-electron chi connectivity index (χ2n) is 4.49. The van der Waals surface area contributed by atoms with Gasteiger partial charge in [-0.2, -0.15) is 0 Å². The van der Waals surface area contributed by atoms with E-state index in [0.717, 1.165) is 10.9 Å². The van der Waals surface area contributed by atoms with Gasteiger partial charge in [-0.15, -0.1) is 0 Å². The van der Waals surface area contributed by atoms with Gasteiger partial charge in [0.15, 0.2) is 0 Å². The Morgan fingerprint density at radius 1 is 0.952 bits per heavy atom. The summed E-state index contributed by atoms with van der Waals surface area (Å²) in [4.78, 5) is 11.2. The van der Waals surface area contributed by atoms with Gasteiger partial charge in [-0.3, -0.25) is 0 Å². The lowest BCUT2D eigenvalue weighted by Gasteiger charge is -2.07. The second-order valence-corrected chi connectivity index (χ2v) is 5.31. The van der Waals surface area contributed by atoms with E-state index in [0.29, 0.717) is 28.0 Å². The largest absolute Gasteiger partial charge is 0.489 e. The van der Waals surface area contributed by atoms with E-state index in [9.17, 15) is 4.79 Å². The van der Waals surface area contributed by atoms with Crippen LogP contribution in [-0.2, 0) is 6.61 Å². The van der Waals surface area contributed by atoms with Crippen molar-refractivity contribution < 1.29 is 9.15 Å². The highest BCUT2D eigenvalue weighted by Crippen LogP contribution is 2.24. The molecule has 0 bridgehead atoms. The number of rotatable bonds is 3. The Morgan fingerprint density at radius 3 is 2.57 bits per heavy atom. The molecule has 21 heavy (non-hydrogen) atoms. The lowest BCUT2D eigenvalue weighted by atomic mass is 10.2. The van der Waals surface area contributed by atoms with Crippen molar-refractivity contribution in [1.82, 2.24) is 0 Å². The maximum absolute atomic E-state index is 11.2. The summed E-state index contributed by atoms with van der Waals surface area (Å²) in [6, 6.07) is 13.8. The number of benzene rings is 2. The Hall–Kier alpha value is -1.97. The maximum Gasteiger partial charge on any atom is 0.336 e. The molecule has 3 rings (SSSR count). The Morgan fingerprint density at radius 2 is 1.76 bits per heavy atom. The lowest BCUT2D eigenvalue weighted by molar-refractivity contribution is 0.306. The van der Waals surface area contributed by atoms with Crippen molar-refractivity contribution >= 4 is 34.2 Å². The van der Waals surface area contributed by atoms with E-state index in [2.05, 4.69) is 0 Å². The fourth-order valence-electron chi connectivity index (χ4n) is 1.93. The standard InChI is InChI=1S/C16H10Cl2O3/c17-13-5-1-10(7-14(13)18)9-20-12-4-2-11-3-6-16(19)21-15(11)8-12/h1-8H,9H2. The van der Waals surface area contributed by atoms with Crippen LogP contribution in [0.5, 0.6) is 5.75 Å². The van der Waals surface area contributed by atoms with E-state index < -0.39 is 0 Å². The smallest absolute Gasteiger partial charge is 0.336 e. The van der Waals surface area contributed by atoms with E-state index in [4.69, 9.17) is 32.4 Å². The summed E-state index contributed by atoms with van der Waals surface area (Å²) >= 11 is 11.8. The minimum absolute atomic E-state index is 0.347. The van der Waals surface area contributed by atoms with Crippen molar-refractivity contribution in [3.8, 4) is 5.75 Å². The molecule has 0 aliphatic rings. The van der Waals surface area contributed by atoms with Crippen LogP contribution in [0.4, 0.5) is 0 Å². The quantitative estimate of drug-likeness (QED) is 0.658. The third-order valence-electron chi connectivity index (χ3n) is 2.98. The predicted molar refractivity (Wildman–Crippen MR) is 83.3 cm³/mol. The van der Waals surface area contributed by atoms with E-state index >= 15 is 0 Å². The molecule has 5 heteroatoms. The Bertz CT molecular complexity index is 856. The van der Waals surface area contributed by atoms with Gasteiger partial charge in [0.2, 0.25) is 0 Å². The summed E-state index contributed by atoms with van der Waals surface area (Å²) in [5.41, 5.74) is 1.01. The Kier molecular flexibility index (Phi) is 3.86. The van der Waals surface area contributed by atoms with Gasteiger partial charge in [-0.25, -0.2) is 4.79 Å². The van der Waals surface area contributed by atoms with Gasteiger partial charge in [-0.05, 0) is 35.9 Å². The van der Waals surface area contributed by atoms with Gasteiger partial charge in [0.1, 0.15) is 17.9 Å². The first-order valence-corrected chi connectivity index (χ1v) is 6.98. The number of hydrogen-bond acceptors (Lipinski definition) is 3. The molecule has 0 N–H and O–H groups in total. The fourth-order valence-corrected chi connectivity index (χ4v) is 2.25. The number of ether oxygens (including phenoxy) is 1. The number of hydrogen-bond donors (Lipinski definition) is 0. The van der Waals surface area contributed by atoms with Crippen molar-refractivity contribution in [2.75, 3.05) is 0 Å². The molecule has 0 aliphatic carbocycles. The summed E-state index contributed by atoms with van der Waals surface area (Å²) in [5, 5.41) is 1.84. The van der Waals surface area contributed by atoms with Crippen LogP contribution < -0.4 is 10.4 Å². The van der Waals surface area contributed by atoms with Crippen LogP contribution in [0.25, 0.3) is 11.0 Å². The fraction of sp³-hybridized carbons (Fsp3) is 0.0625. The zero-order valence-electron chi connectivity index (χ0n) is 10.8. The van der Waals surface area contributed by atoms with E-state index in [1.165, 1.54) is 6.07 Å². The molecule has 0 fully saturated rings. The SMILES string of the molecule is O=c1ccc2ccc(OCc3ccc(Cl)c(Cl)c3)cc2o1. The van der Waals surface area contributed by atoms with Crippen LogP contribution in [-0.4, -0.2) is 0 Å². The van der Waals surface area contributed by atoms with Crippen LogP contribution in [0.3, 0.4) is 0 Å². The van der Waals surface area contributed by atoms with Crippen molar-refractivity contribution in [2.24, 2.45) is 0 Å². The highest BCUT2D eigenvalue weighted by Gasteiger charge is 2.03. The molecule has 1 aromatic heterocycles. The van der Waals surface area contributed by atoms with E-state index in [-0.39, 0.29) is 5.63 Å². The monoisotopic (exact) mass is 320 g/mol. The Balaban J connectivity index is 1.81. The van der Waals surface area contributed by atoms with Gasteiger partial charge in [0.25, 0.3) is 0 Å². The summed E-state index contributed by atoms with van der Waals surface area (Å²) < 4.78 is 10.8. The van der Waals surface area contributed by atoms with Crippen LogP contribution in [0.15, 0.2) is 57.7 Å². The van der Waals surface area contributed by atoms with Gasteiger partial charge < -0.3 is 9.15 Å². The van der Waals surface area contributed by atoms with Crippen LogP contribution in [0.2, 0.25) is 10.0 Å². The van der Waals surface area contributed by atoms with E-state index in [1.54, 1.807) is 24.3 Å². The van der Waals surface area contributed by atoms with E-state index in [1.807, 2.05) is 18.2 Å². The Labute approximate surface area is 130 Å². The molecule has 0 saturated carbocycles. The van der Waals surface area contributed by atoms with Gasteiger partial charge in [-0.1, -0.05) is 29.3 Å². The summed E-state index contributed by atoms with van der Waals surface area (Å²) in [5.74, 6) is 0.614. The van der Waals surface area contributed by atoms with Gasteiger partial charge in [0, 0.05) is 17.5 Å². The molecular formula is C16H10Cl2O3. The topological polar surface area (TPSA) is 39.4 Å². The maximum atomic E-state index is 11.2. The molecule has 1 heterocycles. The number of halogens is 2. The first-order chi connectivity index (χ1) is 10.1. The first kappa shape index (κ1) is 14.0. The first-order valence-electron chi connectivity index (χ1n) is 6.22. The molecule has 0 saturated heterocycles. The highest BCUT2D eigenvalue weighted by molar-refractivity contribution is 6.42. The third kappa shape index (κ3) is 3.20. The minimum atomic E-state index is -0.385.